The maximum absolute atomic E-state index is 4.62. The second kappa shape index (κ2) is 5.99. The molecule has 0 amide bonds. The largest absolute Gasteiger partial charge is 0.341 e. The number of pyridine rings is 1. The smallest absolute Gasteiger partial charge is 0.177 e. The topological polar surface area (TPSA) is 57.2 Å². The molecule has 3 aliphatic rings. The van der Waals surface area contributed by atoms with E-state index < -0.39 is 0 Å². The van der Waals surface area contributed by atoms with Gasteiger partial charge in [-0.05, 0) is 44.6 Å². The minimum absolute atomic E-state index is 0. The number of allylic oxidation sites excluding steroid dienone is 2. The highest BCUT2D eigenvalue weighted by Crippen LogP contribution is 2.49. The van der Waals surface area contributed by atoms with Crippen molar-refractivity contribution in [2.45, 2.75) is 45.7 Å². The molecule has 4 heterocycles. The van der Waals surface area contributed by atoms with E-state index in [1.165, 1.54) is 6.42 Å². The number of imidazole rings is 1. The average Bonchev–Trinajstić information content (AvgIpc) is 2.95. The van der Waals surface area contributed by atoms with Crippen molar-refractivity contribution < 1.29 is 1.43 Å². The van der Waals surface area contributed by atoms with Gasteiger partial charge >= 0.3 is 0 Å². The molecule has 1 fully saturated rings. The fraction of sp³-hybridized carbons (Fsp3) is 0.389. The third-order valence-corrected chi connectivity index (χ3v) is 4.11. The molecule has 2 aromatic heterocycles. The van der Waals surface area contributed by atoms with Gasteiger partial charge in [0, 0.05) is 13.8 Å². The van der Waals surface area contributed by atoms with E-state index in [1.807, 2.05) is 39.0 Å². The summed E-state index contributed by atoms with van der Waals surface area (Å²) in [4.78, 5) is 18.2. The molecule has 0 aromatic carbocycles. The first kappa shape index (κ1) is 15.5. The predicted octanol–water partition coefficient (Wildman–Crippen LogP) is 3.85. The second-order valence-corrected chi connectivity index (χ2v) is 5.85. The van der Waals surface area contributed by atoms with Crippen LogP contribution in [0.3, 0.4) is 0 Å². The van der Waals surface area contributed by atoms with E-state index in [0.29, 0.717) is 6.04 Å². The highest BCUT2D eigenvalue weighted by Gasteiger charge is 2.58. The first-order chi connectivity index (χ1) is 11.2. The van der Waals surface area contributed by atoms with E-state index in [0.717, 1.165) is 22.8 Å². The number of hydrogen-bond acceptors (Lipinski definition) is 4. The number of aromatic amines is 1. The summed E-state index contributed by atoms with van der Waals surface area (Å²) in [6.07, 6.45) is 11.3. The standard InChI is InChI=1S/C9H10N2.C7H7N3.C2H6.H2/c1-9-6-7(9)11-5-3-2-4-8(11)10-9;1-5-9-6-3-2-4-8-7(6)10-5;1-2;/h2-5,7H,6H2,1H3;2-4H,1H3,(H,8,9,10);1-2H3;1H. The zero-order valence-electron chi connectivity index (χ0n) is 14.1. The van der Waals surface area contributed by atoms with Crippen molar-refractivity contribution in [3.8, 4) is 0 Å². The number of fused-ring (bicyclic) bond motifs is 4. The molecule has 0 spiro atoms. The van der Waals surface area contributed by atoms with Gasteiger partial charge in [-0.15, -0.1) is 0 Å². The Morgan fingerprint density at radius 3 is 2.91 bits per heavy atom. The molecule has 1 saturated carbocycles. The summed E-state index contributed by atoms with van der Waals surface area (Å²) in [5.74, 6) is 2.06. The highest BCUT2D eigenvalue weighted by molar-refractivity contribution is 5.98. The molecular formula is C18H25N5. The minimum atomic E-state index is 0. The maximum Gasteiger partial charge on any atom is 0.177 e. The first-order valence-corrected chi connectivity index (χ1v) is 8.16. The SMILES string of the molecule is CC.CC12CC1N1C=CC=CC1=N2.Cc1nc2ncccc2[nH]1.[HH]. The van der Waals surface area contributed by atoms with Crippen molar-refractivity contribution in [1.82, 2.24) is 19.9 Å². The van der Waals surface area contributed by atoms with Crippen molar-refractivity contribution in [3.05, 3.63) is 48.6 Å². The molecule has 23 heavy (non-hydrogen) atoms. The van der Waals surface area contributed by atoms with Crippen LogP contribution in [-0.4, -0.2) is 37.3 Å². The lowest BCUT2D eigenvalue weighted by Gasteiger charge is -2.17. The number of aryl methyl sites for hydroxylation is 1. The van der Waals surface area contributed by atoms with Gasteiger partial charge in [-0.2, -0.15) is 0 Å². The van der Waals surface area contributed by atoms with E-state index in [1.54, 1.807) is 6.20 Å². The highest BCUT2D eigenvalue weighted by atomic mass is 15.3. The summed E-state index contributed by atoms with van der Waals surface area (Å²) in [6, 6.07) is 4.51. The van der Waals surface area contributed by atoms with Crippen LogP contribution in [0.15, 0.2) is 47.7 Å². The summed E-state index contributed by atoms with van der Waals surface area (Å²) in [7, 11) is 0. The normalized spacial score (nSPS) is 25.7. The number of aliphatic imine (C=N–C) groups is 1. The van der Waals surface area contributed by atoms with Crippen LogP contribution in [0.25, 0.3) is 11.2 Å². The van der Waals surface area contributed by atoms with Gasteiger partial charge in [0.2, 0.25) is 0 Å². The van der Waals surface area contributed by atoms with Gasteiger partial charge in [0.25, 0.3) is 0 Å². The Kier molecular flexibility index (Phi) is 4.03. The van der Waals surface area contributed by atoms with Crippen LogP contribution >= 0.6 is 0 Å². The van der Waals surface area contributed by atoms with Crippen molar-refractivity contribution in [1.29, 1.82) is 0 Å². The van der Waals surface area contributed by atoms with Crippen LogP contribution in [0.2, 0.25) is 0 Å². The van der Waals surface area contributed by atoms with E-state index in [4.69, 9.17) is 0 Å². The van der Waals surface area contributed by atoms with Crippen LogP contribution in [-0.2, 0) is 0 Å². The molecule has 5 rings (SSSR count). The third kappa shape index (κ3) is 2.91. The van der Waals surface area contributed by atoms with Crippen molar-refractivity contribution >= 4 is 17.0 Å². The van der Waals surface area contributed by atoms with Gasteiger partial charge in [0.15, 0.2) is 5.65 Å². The van der Waals surface area contributed by atoms with Gasteiger partial charge in [-0.25, -0.2) is 9.97 Å². The molecule has 122 valence electrons. The molecule has 2 aliphatic heterocycles. The molecule has 1 aliphatic carbocycles. The average molecular weight is 311 g/mol. The van der Waals surface area contributed by atoms with Gasteiger partial charge < -0.3 is 9.88 Å². The summed E-state index contributed by atoms with van der Waals surface area (Å²) < 4.78 is 0. The zero-order valence-corrected chi connectivity index (χ0v) is 14.1. The molecule has 2 unspecified atom stereocenters. The van der Waals surface area contributed by atoms with Crippen LogP contribution < -0.4 is 0 Å². The minimum Gasteiger partial charge on any atom is -0.341 e. The number of nitrogens with one attached hydrogen (secondary N) is 1. The number of nitrogens with zero attached hydrogens (tertiary/aromatic N) is 4. The molecule has 1 N–H and O–H groups in total. The Balaban J connectivity index is 0.000000153. The second-order valence-electron chi connectivity index (χ2n) is 5.85. The summed E-state index contributed by atoms with van der Waals surface area (Å²) in [5, 5.41) is 0. The lowest BCUT2D eigenvalue weighted by Crippen LogP contribution is -2.24. The van der Waals surface area contributed by atoms with Crippen molar-refractivity contribution in [3.63, 3.8) is 0 Å². The molecule has 5 nitrogen and oxygen atoms in total. The Hall–Kier alpha value is -2.43. The van der Waals surface area contributed by atoms with E-state index in [2.05, 4.69) is 50.1 Å². The molecule has 0 bridgehead atoms. The number of H-pyrrole nitrogens is 1. The quantitative estimate of drug-likeness (QED) is 0.804. The van der Waals surface area contributed by atoms with Crippen LogP contribution in [0.4, 0.5) is 0 Å². The lowest BCUT2D eigenvalue weighted by molar-refractivity contribution is 0.541. The van der Waals surface area contributed by atoms with Gasteiger partial charge in [-0.3, -0.25) is 4.99 Å². The number of amidine groups is 1. The predicted molar refractivity (Wildman–Crippen MR) is 96.5 cm³/mol. The summed E-state index contributed by atoms with van der Waals surface area (Å²) >= 11 is 0. The van der Waals surface area contributed by atoms with E-state index >= 15 is 0 Å². The van der Waals surface area contributed by atoms with Crippen LogP contribution in [0.1, 0.15) is 34.4 Å². The van der Waals surface area contributed by atoms with Crippen LogP contribution in [0.5, 0.6) is 0 Å². The number of hydrogen-bond donors (Lipinski definition) is 1. The Labute approximate surface area is 138 Å². The van der Waals surface area contributed by atoms with Gasteiger partial charge in [-0.1, -0.05) is 19.9 Å². The monoisotopic (exact) mass is 311 g/mol. The fourth-order valence-electron chi connectivity index (χ4n) is 2.88. The maximum atomic E-state index is 4.62. The van der Waals surface area contributed by atoms with E-state index in [9.17, 15) is 0 Å². The van der Waals surface area contributed by atoms with Crippen molar-refractivity contribution in [2.24, 2.45) is 4.99 Å². The Morgan fingerprint density at radius 1 is 1.35 bits per heavy atom. The molecular weight excluding hydrogens is 286 g/mol. The van der Waals surface area contributed by atoms with Gasteiger partial charge in [0.05, 0.1) is 17.1 Å². The number of rotatable bonds is 0. The van der Waals surface area contributed by atoms with Gasteiger partial charge in [0.1, 0.15) is 11.7 Å². The number of aromatic nitrogens is 3. The van der Waals surface area contributed by atoms with Crippen LogP contribution in [0, 0.1) is 6.92 Å². The van der Waals surface area contributed by atoms with E-state index in [-0.39, 0.29) is 6.97 Å². The molecule has 2 aromatic rings. The lowest BCUT2D eigenvalue weighted by atomic mass is 10.3. The Morgan fingerprint density at radius 2 is 2.17 bits per heavy atom. The third-order valence-electron chi connectivity index (χ3n) is 4.11. The fourth-order valence-corrected chi connectivity index (χ4v) is 2.88. The molecule has 5 heteroatoms. The molecule has 2 atom stereocenters. The summed E-state index contributed by atoms with van der Waals surface area (Å²) in [6.45, 7) is 8.15. The van der Waals surface area contributed by atoms with Crippen molar-refractivity contribution in [2.75, 3.05) is 0 Å². The molecule has 0 radical (unpaired) electrons. The first-order valence-electron chi connectivity index (χ1n) is 8.16. The zero-order chi connectivity index (χ0) is 16.4. The Bertz CT molecular complexity index is 759. The molecule has 0 saturated heterocycles. The summed E-state index contributed by atoms with van der Waals surface area (Å²) in [5.41, 5.74) is 2.05.